The summed E-state index contributed by atoms with van der Waals surface area (Å²) >= 11 is 0. The van der Waals surface area contributed by atoms with Gasteiger partial charge in [0, 0.05) is 12.7 Å². The molecule has 106 valence electrons. The molecular weight excluding hydrogens is 260 g/mol. The van der Waals surface area contributed by atoms with Gasteiger partial charge in [-0.2, -0.15) is 4.98 Å². The Morgan fingerprint density at radius 3 is 2.40 bits per heavy atom. The van der Waals surface area contributed by atoms with E-state index in [9.17, 15) is 4.79 Å². The third-order valence-electron chi connectivity index (χ3n) is 3.02. The van der Waals surface area contributed by atoms with E-state index >= 15 is 0 Å². The summed E-state index contributed by atoms with van der Waals surface area (Å²) in [6.07, 6.45) is 0. The first-order chi connectivity index (χ1) is 9.47. The van der Waals surface area contributed by atoms with Gasteiger partial charge in [-0.25, -0.2) is 4.79 Å². The molecule has 0 fully saturated rings. The molecule has 2 rings (SSSR count). The Labute approximate surface area is 116 Å². The maximum Gasteiger partial charge on any atom is 0.337 e. The minimum atomic E-state index is -0.642. The zero-order valence-corrected chi connectivity index (χ0v) is 11.8. The highest BCUT2D eigenvalue weighted by Crippen LogP contribution is 2.25. The number of hydrogen-bond donors (Lipinski definition) is 0. The summed E-state index contributed by atoms with van der Waals surface area (Å²) < 4.78 is 15.1. The summed E-state index contributed by atoms with van der Waals surface area (Å²) in [5.74, 6) is 0.458. The average Bonchev–Trinajstić information content (AvgIpc) is 2.97. The first kappa shape index (κ1) is 14.2. The molecule has 0 atom stereocenters. The third-order valence-corrected chi connectivity index (χ3v) is 3.02. The monoisotopic (exact) mass is 276 g/mol. The van der Waals surface area contributed by atoms with E-state index < -0.39 is 5.60 Å². The second kappa shape index (κ2) is 5.42. The Kier molecular flexibility index (Phi) is 3.85. The molecule has 0 saturated carbocycles. The summed E-state index contributed by atoms with van der Waals surface area (Å²) in [6, 6.07) is 6.78. The van der Waals surface area contributed by atoms with E-state index in [1.807, 2.05) is 13.8 Å². The van der Waals surface area contributed by atoms with Gasteiger partial charge in [-0.1, -0.05) is 17.3 Å². The molecule has 1 heterocycles. The number of aromatic nitrogens is 2. The van der Waals surface area contributed by atoms with Crippen LogP contribution in [0.25, 0.3) is 11.4 Å². The highest BCUT2D eigenvalue weighted by atomic mass is 16.5. The van der Waals surface area contributed by atoms with Crippen LogP contribution < -0.4 is 0 Å². The number of ether oxygens (including phenoxy) is 2. The van der Waals surface area contributed by atoms with E-state index in [-0.39, 0.29) is 5.97 Å². The minimum absolute atomic E-state index is 0.383. The molecule has 6 nitrogen and oxygen atoms in total. The lowest BCUT2D eigenvalue weighted by atomic mass is 10.1. The number of methoxy groups -OCH3 is 2. The van der Waals surface area contributed by atoms with Gasteiger partial charge in [0.2, 0.25) is 5.82 Å². The van der Waals surface area contributed by atoms with E-state index in [1.165, 1.54) is 7.11 Å². The molecule has 0 saturated heterocycles. The van der Waals surface area contributed by atoms with E-state index in [4.69, 9.17) is 9.26 Å². The molecule has 0 amide bonds. The summed E-state index contributed by atoms with van der Waals surface area (Å²) in [7, 11) is 2.92. The van der Waals surface area contributed by atoms with Crippen LogP contribution in [0.5, 0.6) is 0 Å². The van der Waals surface area contributed by atoms with E-state index in [0.29, 0.717) is 17.3 Å². The van der Waals surface area contributed by atoms with E-state index in [2.05, 4.69) is 14.9 Å². The van der Waals surface area contributed by atoms with Crippen LogP contribution in [0.4, 0.5) is 0 Å². The molecule has 1 aromatic carbocycles. The predicted molar refractivity (Wildman–Crippen MR) is 71.1 cm³/mol. The molecular formula is C14H16N2O4. The number of carbonyl (C=O) groups excluding carboxylic acids is 1. The van der Waals surface area contributed by atoms with Crippen molar-refractivity contribution in [2.45, 2.75) is 19.4 Å². The van der Waals surface area contributed by atoms with Crippen molar-refractivity contribution < 1.29 is 18.8 Å². The number of esters is 1. The maximum atomic E-state index is 11.3. The molecule has 0 spiro atoms. The lowest BCUT2D eigenvalue weighted by Gasteiger charge is -2.16. The number of hydrogen-bond acceptors (Lipinski definition) is 6. The van der Waals surface area contributed by atoms with Gasteiger partial charge >= 0.3 is 5.97 Å². The van der Waals surface area contributed by atoms with Crippen LogP contribution >= 0.6 is 0 Å². The molecule has 6 heteroatoms. The van der Waals surface area contributed by atoms with Crippen molar-refractivity contribution in [3.63, 3.8) is 0 Å². The molecule has 0 N–H and O–H groups in total. The van der Waals surface area contributed by atoms with Crippen molar-refractivity contribution >= 4 is 5.97 Å². The molecule has 1 aromatic heterocycles. The van der Waals surface area contributed by atoms with Gasteiger partial charge in [0.25, 0.3) is 5.89 Å². The minimum Gasteiger partial charge on any atom is -0.465 e. The second-order valence-electron chi connectivity index (χ2n) is 4.71. The van der Waals surface area contributed by atoms with Crippen molar-refractivity contribution in [1.82, 2.24) is 10.1 Å². The first-order valence-corrected chi connectivity index (χ1v) is 6.06. The highest BCUT2D eigenvalue weighted by molar-refractivity contribution is 5.89. The summed E-state index contributed by atoms with van der Waals surface area (Å²) in [5.41, 5.74) is 0.578. The fourth-order valence-corrected chi connectivity index (χ4v) is 1.55. The van der Waals surface area contributed by atoms with Gasteiger partial charge in [-0.15, -0.1) is 0 Å². The number of nitrogens with zero attached hydrogens (tertiary/aromatic N) is 2. The largest absolute Gasteiger partial charge is 0.465 e. The zero-order valence-electron chi connectivity index (χ0n) is 11.8. The van der Waals surface area contributed by atoms with Gasteiger partial charge in [0.05, 0.1) is 12.7 Å². The Balaban J connectivity index is 2.27. The van der Waals surface area contributed by atoms with Gasteiger partial charge < -0.3 is 14.0 Å². The lowest BCUT2D eigenvalue weighted by molar-refractivity contribution is -0.00787. The van der Waals surface area contributed by atoms with Crippen LogP contribution in [0.15, 0.2) is 28.8 Å². The molecule has 2 aromatic rings. The van der Waals surface area contributed by atoms with Gasteiger partial charge in [0.15, 0.2) is 0 Å². The predicted octanol–water partition coefficient (Wildman–Crippen LogP) is 2.40. The van der Waals surface area contributed by atoms with Gasteiger partial charge in [-0.05, 0) is 26.0 Å². The Morgan fingerprint density at radius 2 is 1.85 bits per heavy atom. The van der Waals surface area contributed by atoms with Crippen molar-refractivity contribution in [2.75, 3.05) is 14.2 Å². The molecule has 0 bridgehead atoms. The number of benzene rings is 1. The topological polar surface area (TPSA) is 74.5 Å². The lowest BCUT2D eigenvalue weighted by Crippen LogP contribution is -2.19. The third kappa shape index (κ3) is 2.70. The Hall–Kier alpha value is -2.21. The second-order valence-corrected chi connectivity index (χ2v) is 4.71. The van der Waals surface area contributed by atoms with Crippen LogP contribution in [-0.4, -0.2) is 30.3 Å². The van der Waals surface area contributed by atoms with Crippen LogP contribution in [-0.2, 0) is 15.1 Å². The zero-order chi connectivity index (χ0) is 14.8. The van der Waals surface area contributed by atoms with Gasteiger partial charge in [-0.3, -0.25) is 0 Å². The smallest absolute Gasteiger partial charge is 0.337 e. The summed E-state index contributed by atoms with van der Waals surface area (Å²) in [4.78, 5) is 15.6. The Morgan fingerprint density at radius 1 is 1.20 bits per heavy atom. The van der Waals surface area contributed by atoms with E-state index in [1.54, 1.807) is 31.4 Å². The highest BCUT2D eigenvalue weighted by Gasteiger charge is 2.27. The average molecular weight is 276 g/mol. The van der Waals surface area contributed by atoms with Crippen LogP contribution in [0.3, 0.4) is 0 Å². The molecule has 0 aliphatic carbocycles. The van der Waals surface area contributed by atoms with Crippen molar-refractivity contribution in [1.29, 1.82) is 0 Å². The van der Waals surface area contributed by atoms with E-state index in [0.717, 1.165) is 5.56 Å². The quantitative estimate of drug-likeness (QED) is 0.798. The van der Waals surface area contributed by atoms with Crippen LogP contribution in [0.1, 0.15) is 30.1 Å². The molecule has 20 heavy (non-hydrogen) atoms. The molecule has 0 aliphatic rings. The van der Waals surface area contributed by atoms with Crippen LogP contribution in [0.2, 0.25) is 0 Å². The van der Waals surface area contributed by atoms with Crippen molar-refractivity contribution in [2.24, 2.45) is 0 Å². The fourth-order valence-electron chi connectivity index (χ4n) is 1.55. The normalized spacial score (nSPS) is 11.4. The van der Waals surface area contributed by atoms with Crippen molar-refractivity contribution in [3.05, 3.63) is 35.7 Å². The van der Waals surface area contributed by atoms with Gasteiger partial charge in [0.1, 0.15) is 5.60 Å². The fraction of sp³-hybridized carbons (Fsp3) is 0.357. The van der Waals surface area contributed by atoms with Crippen molar-refractivity contribution in [3.8, 4) is 11.4 Å². The Bertz CT molecular complexity index is 602. The molecule has 0 radical (unpaired) electrons. The summed E-state index contributed by atoms with van der Waals surface area (Å²) in [5, 5.41) is 3.91. The molecule has 0 aliphatic heterocycles. The molecule has 0 unspecified atom stereocenters. The summed E-state index contributed by atoms with van der Waals surface area (Å²) in [6.45, 7) is 3.68. The maximum absolute atomic E-state index is 11.3. The standard InChI is InChI=1S/C14H16N2O4/c1-14(2,19-4)13-15-11(16-20-13)9-5-7-10(8-6-9)12(17)18-3/h5-8H,1-4H3. The van der Waals surface area contributed by atoms with Crippen LogP contribution in [0, 0.1) is 0 Å². The number of carbonyl (C=O) groups is 1. The first-order valence-electron chi connectivity index (χ1n) is 6.06. The SMILES string of the molecule is COC(=O)c1ccc(-c2noc(C(C)(C)OC)n2)cc1. The number of rotatable bonds is 4.